The van der Waals surface area contributed by atoms with E-state index >= 15 is 0 Å². The van der Waals surface area contributed by atoms with Crippen LogP contribution in [0.5, 0.6) is 11.5 Å². The smallest absolute Gasteiger partial charge is 0.338 e. The van der Waals surface area contributed by atoms with Gasteiger partial charge in [-0.1, -0.05) is 35.4 Å². The van der Waals surface area contributed by atoms with E-state index in [1.165, 1.54) is 6.33 Å². The lowest BCUT2D eigenvalue weighted by atomic mass is 10.1. The monoisotopic (exact) mass is 714 g/mol. The van der Waals surface area contributed by atoms with Crippen LogP contribution in [0.1, 0.15) is 50.1 Å². The molecule has 1 fully saturated rings. The van der Waals surface area contributed by atoms with Gasteiger partial charge in [-0.2, -0.15) is 0 Å². The van der Waals surface area contributed by atoms with Crippen LogP contribution in [0.2, 0.25) is 0 Å². The zero-order valence-corrected chi connectivity index (χ0v) is 28.5. The zero-order valence-electron chi connectivity index (χ0n) is 26.9. The van der Waals surface area contributed by atoms with Crippen LogP contribution in [0.15, 0.2) is 83.7 Å². The quantitative estimate of drug-likeness (QED) is 0.146. The largest absolute Gasteiger partial charge is 0.497 e. The Labute approximate surface area is 286 Å². The van der Waals surface area contributed by atoms with Crippen LogP contribution in [-0.4, -0.2) is 59.5 Å². The Morgan fingerprint density at radius 1 is 0.938 bits per heavy atom. The molecular weight excluding hydrogens is 680 g/mol. The second-order valence-electron chi connectivity index (χ2n) is 11.5. The van der Waals surface area contributed by atoms with E-state index in [1.54, 1.807) is 38.5 Å². The Morgan fingerprint density at radius 2 is 1.62 bits per heavy atom. The Hall–Kier alpha value is -4.94. The number of aromatic nitrogens is 3. The molecule has 3 heterocycles. The summed E-state index contributed by atoms with van der Waals surface area (Å²) in [6, 6.07) is 19.9. The molecular formula is C36H35BrN4O7. The number of hydrogen-bond acceptors (Lipinski definition) is 10. The van der Waals surface area contributed by atoms with Gasteiger partial charge in [0.1, 0.15) is 54.3 Å². The standard InChI is InChI=1S/C36H35BrN4O7/c1-21-5-9-23(10-6-21)35(42)46-19-30-29(48-36(43)24-11-7-22(2)8-12-24)16-31(47-30)41-18-27(37)32-33(39-20-40-34(32)41)38-17-25-13-14-26(44-3)15-28(25)45-4/h5-15,18,20,29-31H,16-17,19H2,1-4H3,(H,38,39,40)/t29-,30+,31+/m0/s1. The predicted molar refractivity (Wildman–Crippen MR) is 182 cm³/mol. The number of esters is 2. The minimum atomic E-state index is -0.725. The molecule has 1 N–H and O–H groups in total. The highest BCUT2D eigenvalue weighted by molar-refractivity contribution is 9.10. The molecule has 0 spiro atoms. The number of fused-ring (bicyclic) bond motifs is 1. The van der Waals surface area contributed by atoms with Gasteiger partial charge in [0.15, 0.2) is 0 Å². The van der Waals surface area contributed by atoms with Crippen LogP contribution in [-0.2, 0) is 20.8 Å². The molecule has 248 valence electrons. The molecule has 48 heavy (non-hydrogen) atoms. The molecule has 3 atom stereocenters. The van der Waals surface area contributed by atoms with Gasteiger partial charge in [0.25, 0.3) is 0 Å². The molecule has 0 aliphatic carbocycles. The SMILES string of the molecule is COc1ccc(CNc2ncnc3c2c(Br)cn3[C@H]2C[C@H](OC(=O)c3ccc(C)cc3)[C@@H](COC(=O)c3ccc(C)cc3)O2)c(OC)c1. The average molecular weight is 716 g/mol. The number of anilines is 1. The first kappa shape index (κ1) is 33.0. The number of nitrogens with zero attached hydrogens (tertiary/aromatic N) is 3. The Balaban J connectivity index is 1.24. The van der Waals surface area contributed by atoms with Gasteiger partial charge in [-0.05, 0) is 66.2 Å². The molecule has 0 unspecified atom stereocenters. The van der Waals surface area contributed by atoms with Crippen molar-refractivity contribution in [2.75, 3.05) is 26.1 Å². The molecule has 6 rings (SSSR count). The Morgan fingerprint density at radius 3 is 2.29 bits per heavy atom. The van der Waals surface area contributed by atoms with Crippen molar-refractivity contribution in [3.8, 4) is 11.5 Å². The molecule has 1 saturated heterocycles. The van der Waals surface area contributed by atoms with Gasteiger partial charge in [-0.3, -0.25) is 0 Å². The number of hydrogen-bond donors (Lipinski definition) is 1. The van der Waals surface area contributed by atoms with E-state index in [0.717, 1.165) is 26.5 Å². The van der Waals surface area contributed by atoms with E-state index in [0.29, 0.717) is 47.1 Å². The summed E-state index contributed by atoms with van der Waals surface area (Å²) >= 11 is 3.68. The Bertz CT molecular complexity index is 1930. The van der Waals surface area contributed by atoms with Crippen LogP contribution in [0, 0.1) is 13.8 Å². The third-order valence-electron chi connectivity index (χ3n) is 8.21. The van der Waals surface area contributed by atoms with E-state index in [4.69, 9.17) is 23.7 Å². The highest BCUT2D eigenvalue weighted by atomic mass is 79.9. The van der Waals surface area contributed by atoms with Gasteiger partial charge < -0.3 is 33.6 Å². The van der Waals surface area contributed by atoms with Crippen LogP contribution in [0.3, 0.4) is 0 Å². The molecule has 0 bridgehead atoms. The van der Waals surface area contributed by atoms with Crippen molar-refractivity contribution in [3.05, 3.63) is 112 Å². The zero-order chi connectivity index (χ0) is 33.8. The topological polar surface area (TPSA) is 123 Å². The maximum absolute atomic E-state index is 13.2. The van der Waals surface area contributed by atoms with E-state index in [9.17, 15) is 9.59 Å². The molecule has 2 aromatic heterocycles. The van der Waals surface area contributed by atoms with Gasteiger partial charge in [-0.25, -0.2) is 19.6 Å². The van der Waals surface area contributed by atoms with Crippen molar-refractivity contribution in [1.82, 2.24) is 14.5 Å². The lowest BCUT2D eigenvalue weighted by molar-refractivity contribution is -0.0562. The number of benzene rings is 3. The molecule has 12 heteroatoms. The number of nitrogens with one attached hydrogen (secondary N) is 1. The van der Waals surface area contributed by atoms with E-state index in [1.807, 2.05) is 67.1 Å². The molecule has 0 amide bonds. The van der Waals surface area contributed by atoms with Gasteiger partial charge in [-0.15, -0.1) is 0 Å². The van der Waals surface area contributed by atoms with Gasteiger partial charge in [0.2, 0.25) is 0 Å². The number of ether oxygens (including phenoxy) is 5. The fourth-order valence-electron chi connectivity index (χ4n) is 5.54. The number of rotatable bonds is 11. The first-order valence-electron chi connectivity index (χ1n) is 15.4. The molecule has 3 aromatic carbocycles. The molecule has 0 radical (unpaired) electrons. The number of halogens is 1. The third kappa shape index (κ3) is 7.14. The van der Waals surface area contributed by atoms with Gasteiger partial charge >= 0.3 is 11.9 Å². The van der Waals surface area contributed by atoms with Crippen LogP contribution < -0.4 is 14.8 Å². The summed E-state index contributed by atoms with van der Waals surface area (Å²) in [5, 5.41) is 4.14. The summed E-state index contributed by atoms with van der Waals surface area (Å²) in [7, 11) is 3.22. The third-order valence-corrected chi connectivity index (χ3v) is 8.81. The average Bonchev–Trinajstić information content (AvgIpc) is 3.66. The predicted octanol–water partition coefficient (Wildman–Crippen LogP) is 6.81. The fraction of sp³-hybridized carbons (Fsp3) is 0.278. The summed E-state index contributed by atoms with van der Waals surface area (Å²) < 4.78 is 31.6. The van der Waals surface area contributed by atoms with E-state index < -0.39 is 30.4 Å². The van der Waals surface area contributed by atoms with Crippen molar-refractivity contribution in [1.29, 1.82) is 0 Å². The lowest BCUT2D eigenvalue weighted by Gasteiger charge is -2.19. The number of carbonyl (C=O) groups excluding carboxylic acids is 2. The van der Waals surface area contributed by atoms with Crippen molar-refractivity contribution in [2.24, 2.45) is 0 Å². The number of carbonyl (C=O) groups is 2. The molecule has 0 saturated carbocycles. The lowest BCUT2D eigenvalue weighted by Crippen LogP contribution is -2.32. The first-order chi connectivity index (χ1) is 23.2. The number of aryl methyl sites for hydroxylation is 2. The van der Waals surface area contributed by atoms with E-state index in [-0.39, 0.29) is 6.61 Å². The number of methoxy groups -OCH3 is 2. The molecule has 1 aliphatic rings. The van der Waals surface area contributed by atoms with Crippen molar-refractivity contribution >= 4 is 44.7 Å². The second kappa shape index (κ2) is 14.4. The van der Waals surface area contributed by atoms with Crippen molar-refractivity contribution in [3.63, 3.8) is 0 Å². The summed E-state index contributed by atoms with van der Waals surface area (Å²) in [5.74, 6) is 1.01. The maximum atomic E-state index is 13.2. The molecule has 5 aromatic rings. The fourth-order valence-corrected chi connectivity index (χ4v) is 6.13. The van der Waals surface area contributed by atoms with Gasteiger partial charge in [0.05, 0.1) is 30.7 Å². The maximum Gasteiger partial charge on any atom is 0.338 e. The van der Waals surface area contributed by atoms with Crippen LogP contribution in [0.25, 0.3) is 11.0 Å². The van der Waals surface area contributed by atoms with Crippen LogP contribution in [0.4, 0.5) is 5.82 Å². The summed E-state index contributed by atoms with van der Waals surface area (Å²) in [6.45, 7) is 4.21. The van der Waals surface area contributed by atoms with Crippen LogP contribution >= 0.6 is 15.9 Å². The normalized spacial score (nSPS) is 17.2. The highest BCUT2D eigenvalue weighted by Gasteiger charge is 2.41. The van der Waals surface area contributed by atoms with Gasteiger partial charge in [0, 0.05) is 35.3 Å². The van der Waals surface area contributed by atoms with E-state index in [2.05, 4.69) is 31.2 Å². The highest BCUT2D eigenvalue weighted by Crippen LogP contribution is 2.38. The van der Waals surface area contributed by atoms with Crippen molar-refractivity contribution < 1.29 is 33.3 Å². The molecule has 1 aliphatic heterocycles. The summed E-state index contributed by atoms with van der Waals surface area (Å²) in [6.07, 6.45) is 1.63. The Kier molecular flexibility index (Phi) is 9.93. The summed E-state index contributed by atoms with van der Waals surface area (Å²) in [5.41, 5.74) is 4.43. The minimum Gasteiger partial charge on any atom is -0.497 e. The summed E-state index contributed by atoms with van der Waals surface area (Å²) in [4.78, 5) is 35.1. The first-order valence-corrected chi connectivity index (χ1v) is 16.2. The van der Waals surface area contributed by atoms with Crippen molar-refractivity contribution in [2.45, 2.75) is 45.2 Å². The second-order valence-corrected chi connectivity index (χ2v) is 12.3. The molecule has 11 nitrogen and oxygen atoms in total. The minimum absolute atomic E-state index is 0.110.